The Labute approximate surface area is 346 Å². The summed E-state index contributed by atoms with van der Waals surface area (Å²) < 4.78 is 0. The van der Waals surface area contributed by atoms with Crippen molar-refractivity contribution in [2.75, 3.05) is 0 Å². The molecule has 4 aliphatic rings. The zero-order chi connectivity index (χ0) is 38.6. The van der Waals surface area contributed by atoms with E-state index in [1.807, 2.05) is 60.7 Å². The molecule has 2 nitrogen and oxygen atoms in total. The maximum Gasteiger partial charge on any atom is -0.0866 e. The molecule has 2 N–H and O–H groups in total. The van der Waals surface area contributed by atoms with Crippen molar-refractivity contribution in [2.45, 2.75) is 150 Å². The van der Waals surface area contributed by atoms with Crippen LogP contribution in [0.5, 0.6) is 11.5 Å². The molecule has 2 unspecified atom stereocenters. The van der Waals surface area contributed by atoms with Gasteiger partial charge in [-0.25, -0.2) is 0 Å². The maximum absolute atomic E-state index is 11.6. The number of aryl methyl sites for hydroxylation is 2. The number of hydrogen-bond donors (Lipinski definition) is 2. The molecule has 8 rings (SSSR count). The summed E-state index contributed by atoms with van der Waals surface area (Å²) in [6, 6.07) is 29.0. The largest absolute Gasteiger partial charge is 0.199 e. The molecule has 0 saturated heterocycles. The Morgan fingerprint density at radius 2 is 0.855 bits per heavy atom. The van der Waals surface area contributed by atoms with Gasteiger partial charge in [-0.2, -0.15) is 49.2 Å². The quantitative estimate of drug-likeness (QED) is 0.149. The van der Waals surface area contributed by atoms with E-state index in [1.54, 1.807) is 0 Å². The van der Waals surface area contributed by atoms with Gasteiger partial charge in [-0.3, -0.25) is 0 Å². The molecule has 0 bridgehead atoms. The van der Waals surface area contributed by atoms with Crippen molar-refractivity contribution in [1.82, 2.24) is 0 Å². The minimum absolute atomic E-state index is 0.494. The monoisotopic (exact) mass is 942 g/mol. The molecular weight excluding hydrogens is 875 g/mol. The van der Waals surface area contributed by atoms with Gasteiger partial charge in [0, 0.05) is 0 Å². The molecule has 296 valence electrons. The van der Waals surface area contributed by atoms with E-state index in [1.165, 1.54) is 136 Å². The molecular formula is C50H66HfO2S2-2. The molecule has 1 aliphatic heterocycles. The van der Waals surface area contributed by atoms with Crippen LogP contribution in [0.4, 0.5) is 0 Å². The first kappa shape index (κ1) is 42.4. The van der Waals surface area contributed by atoms with Crippen molar-refractivity contribution in [2.24, 2.45) is 0 Å². The van der Waals surface area contributed by atoms with Gasteiger partial charge in [-0.15, -0.1) is 24.3 Å². The van der Waals surface area contributed by atoms with Gasteiger partial charge in [0.1, 0.15) is 0 Å². The number of rotatable bonds is 6. The van der Waals surface area contributed by atoms with E-state index in [9.17, 15) is 10.2 Å². The molecule has 4 atom stereocenters. The first-order valence-electron chi connectivity index (χ1n) is 21.3. The fraction of sp³-hybridized carbons (Fsp3) is 0.480. The number of benzene rings is 4. The molecule has 3 aliphatic carbocycles. The second-order valence-corrected chi connectivity index (χ2v) is 37.5. The van der Waals surface area contributed by atoms with Crippen LogP contribution in [0.2, 0.25) is 0 Å². The van der Waals surface area contributed by atoms with Crippen LogP contribution in [0.3, 0.4) is 0 Å². The van der Waals surface area contributed by atoms with E-state index in [4.69, 9.17) is 0 Å². The van der Waals surface area contributed by atoms with Crippen LogP contribution in [0.25, 0.3) is 0 Å². The third kappa shape index (κ3) is 12.2. The summed E-state index contributed by atoms with van der Waals surface area (Å²) in [5, 5.41) is 25.0. The predicted octanol–water partition coefficient (Wildman–Crippen LogP) is 14.8. The molecule has 0 radical (unpaired) electrons. The van der Waals surface area contributed by atoms with Gasteiger partial charge in [0.05, 0.1) is 0 Å². The Balaban J connectivity index is 0.000000307. The first-order chi connectivity index (χ1) is 26.8. The normalized spacial score (nSPS) is 22.9. The van der Waals surface area contributed by atoms with Crippen molar-refractivity contribution in [3.8, 4) is 11.5 Å². The second kappa shape index (κ2) is 21.5. The first-order valence-corrected chi connectivity index (χ1v) is 33.0. The minimum atomic E-state index is -0.965. The Morgan fingerprint density at radius 3 is 1.20 bits per heavy atom. The summed E-state index contributed by atoms with van der Waals surface area (Å²) in [4.78, 5) is 0. The van der Waals surface area contributed by atoms with Gasteiger partial charge < -0.3 is 0 Å². The van der Waals surface area contributed by atoms with Crippen LogP contribution >= 0.6 is 14.4 Å². The predicted molar refractivity (Wildman–Crippen MR) is 237 cm³/mol. The van der Waals surface area contributed by atoms with Gasteiger partial charge in [0.25, 0.3) is 0 Å². The zero-order valence-electron chi connectivity index (χ0n) is 33.7. The zero-order valence-corrected chi connectivity index (χ0v) is 39.0. The molecule has 4 aromatic rings. The Bertz CT molecular complexity index is 1750. The van der Waals surface area contributed by atoms with Crippen LogP contribution in [0.1, 0.15) is 159 Å². The molecule has 0 aromatic heterocycles. The standard InChI is InChI=1S/C36H52O2S2.2C7H7.Hf/c1-25-19-29(35(37)31(21-25)27-13-7-5-8-14-27)23-39-33-17-11-3-4-12-18-34(33)40-24-30-20-26(2)22-32(36(30)38)28-15-9-6-10-16-28;2*1-7-5-3-2-4-6-7;/h19-22,27-28,33-34,37-38H,3-18,23-24H2,1-2H3;2*2-6H,1H2;/q;2*-1;/t33-,34-;;;/m0.../s1. The van der Waals surface area contributed by atoms with Crippen LogP contribution in [0, 0.1) is 27.7 Å². The fourth-order valence-electron chi connectivity index (χ4n) is 9.33. The van der Waals surface area contributed by atoms with Crippen LogP contribution in [-0.4, -0.2) is 20.7 Å². The Kier molecular flexibility index (Phi) is 16.6. The van der Waals surface area contributed by atoms with E-state index < -0.39 is 18.9 Å². The molecule has 0 amide bonds. The van der Waals surface area contributed by atoms with Crippen molar-refractivity contribution in [3.05, 3.63) is 143 Å². The van der Waals surface area contributed by atoms with Crippen molar-refractivity contribution < 1.29 is 29.1 Å². The number of fused-ring (bicyclic) bond motifs is 1. The van der Waals surface area contributed by atoms with E-state index in [0.29, 0.717) is 37.7 Å². The van der Waals surface area contributed by atoms with E-state index in [2.05, 4.69) is 52.0 Å². The van der Waals surface area contributed by atoms with Crippen LogP contribution < -0.4 is 0 Å². The van der Waals surface area contributed by atoms with Gasteiger partial charge >= 0.3 is 263 Å². The molecule has 5 heteroatoms. The number of phenolic OH excluding ortho intramolecular Hbond substituents is 2. The maximum atomic E-state index is 11.6. The average molecular weight is 942 g/mol. The number of phenols is 2. The average Bonchev–Trinajstić information content (AvgIpc) is 3.49. The summed E-state index contributed by atoms with van der Waals surface area (Å²) in [7, 11) is 0.989. The Hall–Kier alpha value is -2.21. The van der Waals surface area contributed by atoms with Gasteiger partial charge in [-0.05, 0) is 0 Å². The minimum Gasteiger partial charge on any atom is -0.199 e. The smallest absolute Gasteiger partial charge is 0.0866 e. The molecule has 3 saturated carbocycles. The third-order valence-corrected chi connectivity index (χ3v) is 41.4. The molecule has 3 fully saturated rings. The van der Waals surface area contributed by atoms with E-state index in [0.717, 1.165) is 33.1 Å². The van der Waals surface area contributed by atoms with Crippen molar-refractivity contribution in [3.63, 3.8) is 0 Å². The number of aromatic hydroxyl groups is 2. The van der Waals surface area contributed by atoms with Gasteiger partial charge in [0.15, 0.2) is 0 Å². The number of hydrogen-bond acceptors (Lipinski definition) is 2. The third-order valence-electron chi connectivity index (χ3n) is 12.2. The second-order valence-electron chi connectivity index (χ2n) is 16.7. The van der Waals surface area contributed by atoms with Gasteiger partial charge in [-0.1, -0.05) is 12.1 Å². The SMILES string of the molecule is Cc1cc(C[S]2=[Hf]=[S](Cc3cc(C)cc(C4CCCCC4)c3O)[C@H]3CCCCCC[C@@H]32)c(O)c(C2CCCCC2)c1.[CH2-]c1ccccc1.[CH2-]c1ccccc1. The van der Waals surface area contributed by atoms with Crippen LogP contribution in [0.15, 0.2) is 84.9 Å². The van der Waals surface area contributed by atoms with E-state index in [-0.39, 0.29) is 0 Å². The Morgan fingerprint density at radius 1 is 0.509 bits per heavy atom. The summed E-state index contributed by atoms with van der Waals surface area (Å²) >= 11 is -0.965. The fourth-order valence-corrected chi connectivity index (χ4v) is 48.4. The summed E-state index contributed by atoms with van der Waals surface area (Å²) in [5.74, 6) is 4.75. The van der Waals surface area contributed by atoms with Crippen molar-refractivity contribution in [1.29, 1.82) is 0 Å². The molecule has 4 aromatic carbocycles. The topological polar surface area (TPSA) is 40.5 Å². The summed E-state index contributed by atoms with van der Waals surface area (Å²) in [6.07, 6.45) is 21.4. The molecule has 55 heavy (non-hydrogen) atoms. The van der Waals surface area contributed by atoms with Crippen molar-refractivity contribution >= 4 is 14.4 Å². The van der Waals surface area contributed by atoms with Crippen LogP contribution in [-0.2, 0) is 30.4 Å². The summed E-state index contributed by atoms with van der Waals surface area (Å²) in [6.45, 7) is 11.9. The van der Waals surface area contributed by atoms with Gasteiger partial charge in [0.2, 0.25) is 0 Å². The molecule has 1 heterocycles. The molecule has 0 spiro atoms. The summed E-state index contributed by atoms with van der Waals surface area (Å²) in [5.41, 5.74) is 9.94. The van der Waals surface area contributed by atoms with E-state index >= 15 is 0 Å².